The molecule has 0 unspecified atom stereocenters. The van der Waals surface area contributed by atoms with Gasteiger partial charge in [0.2, 0.25) is 5.89 Å². The van der Waals surface area contributed by atoms with Crippen molar-refractivity contribution in [1.29, 1.82) is 0 Å². The van der Waals surface area contributed by atoms with Crippen LogP contribution in [0.5, 0.6) is 0 Å². The number of alkyl halides is 1. The molecule has 0 aliphatic heterocycles. The Morgan fingerprint density at radius 3 is 3.00 bits per heavy atom. The van der Waals surface area contributed by atoms with E-state index in [2.05, 4.69) is 34.3 Å². The van der Waals surface area contributed by atoms with Crippen LogP contribution < -0.4 is 0 Å². The van der Waals surface area contributed by atoms with Gasteiger partial charge in [0.05, 0.1) is 5.69 Å². The number of nitrogens with zero attached hydrogens (tertiary/aromatic N) is 5. The summed E-state index contributed by atoms with van der Waals surface area (Å²) in [6.45, 7) is 4.68. The van der Waals surface area contributed by atoms with Gasteiger partial charge in [-0.25, -0.2) is 4.68 Å². The Balaban J connectivity index is 1.97. The highest BCUT2D eigenvalue weighted by molar-refractivity contribution is 6.17. The summed E-state index contributed by atoms with van der Waals surface area (Å²) in [6.07, 6.45) is 3.37. The van der Waals surface area contributed by atoms with Crippen LogP contribution in [0, 0.1) is 5.92 Å². The van der Waals surface area contributed by atoms with Gasteiger partial charge in [-0.2, -0.15) is 4.98 Å². The molecule has 0 saturated heterocycles. The molecule has 0 aromatic carbocycles. The van der Waals surface area contributed by atoms with Crippen molar-refractivity contribution in [2.75, 3.05) is 5.88 Å². The van der Waals surface area contributed by atoms with Crippen LogP contribution in [0.1, 0.15) is 31.3 Å². The number of hydrogen-bond donors (Lipinski definition) is 0. The van der Waals surface area contributed by atoms with Gasteiger partial charge in [-0.3, -0.25) is 0 Å². The highest BCUT2D eigenvalue weighted by atomic mass is 35.5. The molecule has 0 bridgehead atoms. The van der Waals surface area contributed by atoms with Crippen LogP contribution in [-0.2, 0) is 19.4 Å². The molecule has 0 saturated carbocycles. The lowest BCUT2D eigenvalue weighted by molar-refractivity contribution is 0.358. The van der Waals surface area contributed by atoms with Gasteiger partial charge in [0.25, 0.3) is 0 Å². The van der Waals surface area contributed by atoms with E-state index in [4.69, 9.17) is 16.1 Å². The van der Waals surface area contributed by atoms with Crippen molar-refractivity contribution in [3.63, 3.8) is 0 Å². The largest absolute Gasteiger partial charge is 0.337 e. The molecule has 6 nitrogen and oxygen atoms in total. The number of hydrogen-bond acceptors (Lipinski definition) is 5. The first kappa shape index (κ1) is 13.0. The summed E-state index contributed by atoms with van der Waals surface area (Å²) >= 11 is 5.64. The second-order valence-corrected chi connectivity index (χ2v) is 4.93. The highest BCUT2D eigenvalue weighted by Crippen LogP contribution is 2.06. The maximum Gasteiger partial charge on any atom is 0.248 e. The Bertz CT molecular complexity index is 493. The quantitative estimate of drug-likeness (QED) is 0.747. The number of rotatable bonds is 6. The molecule has 2 aromatic heterocycles. The molecule has 2 aromatic rings. The Morgan fingerprint density at radius 2 is 2.28 bits per heavy atom. The summed E-state index contributed by atoms with van der Waals surface area (Å²) in [6, 6.07) is 0. The van der Waals surface area contributed by atoms with Crippen LogP contribution in [0.15, 0.2) is 10.7 Å². The molecule has 0 aliphatic carbocycles. The molecule has 0 atom stereocenters. The van der Waals surface area contributed by atoms with Crippen molar-refractivity contribution in [2.45, 2.75) is 33.2 Å². The Morgan fingerprint density at radius 1 is 1.44 bits per heavy atom. The van der Waals surface area contributed by atoms with Crippen molar-refractivity contribution in [1.82, 2.24) is 25.1 Å². The van der Waals surface area contributed by atoms with Gasteiger partial charge in [-0.05, 0) is 5.92 Å². The van der Waals surface area contributed by atoms with E-state index in [1.165, 1.54) is 0 Å². The number of aromatic nitrogens is 5. The van der Waals surface area contributed by atoms with E-state index in [1.807, 2.05) is 6.20 Å². The summed E-state index contributed by atoms with van der Waals surface area (Å²) in [4.78, 5) is 4.31. The third kappa shape index (κ3) is 3.53. The summed E-state index contributed by atoms with van der Waals surface area (Å²) in [5.41, 5.74) is 0.868. The minimum absolute atomic E-state index is 0.445. The smallest absolute Gasteiger partial charge is 0.248 e. The van der Waals surface area contributed by atoms with E-state index < -0.39 is 0 Å². The topological polar surface area (TPSA) is 69.6 Å². The predicted octanol–water partition coefficient (Wildman–Crippen LogP) is 1.69. The van der Waals surface area contributed by atoms with Gasteiger partial charge < -0.3 is 4.52 Å². The summed E-state index contributed by atoms with van der Waals surface area (Å²) < 4.78 is 6.84. The van der Waals surface area contributed by atoms with Crippen molar-refractivity contribution in [3.05, 3.63) is 23.6 Å². The first-order valence-electron chi connectivity index (χ1n) is 5.94. The second-order valence-electron chi connectivity index (χ2n) is 4.55. The maximum absolute atomic E-state index is 5.64. The second kappa shape index (κ2) is 5.95. The molecule has 0 aliphatic rings. The lowest BCUT2D eigenvalue weighted by Gasteiger charge is -1.96. The van der Waals surface area contributed by atoms with Crippen LogP contribution in [-0.4, -0.2) is 31.0 Å². The molecule has 18 heavy (non-hydrogen) atoms. The normalized spacial score (nSPS) is 11.3. The molecule has 0 amide bonds. The fourth-order valence-corrected chi connectivity index (χ4v) is 1.76. The van der Waals surface area contributed by atoms with E-state index in [1.54, 1.807) is 4.68 Å². The fourth-order valence-electron chi connectivity index (χ4n) is 1.57. The van der Waals surface area contributed by atoms with E-state index in [0.29, 0.717) is 30.7 Å². The Hall–Kier alpha value is -1.43. The molecular weight excluding hydrogens is 254 g/mol. The zero-order valence-electron chi connectivity index (χ0n) is 10.5. The standard InChI is InChI=1S/C11H16ClN5O/c1-8(2)5-10-13-11(18-15-10)7-17-6-9(3-4-12)14-16-17/h6,8H,3-5,7H2,1-2H3. The van der Waals surface area contributed by atoms with E-state index in [0.717, 1.165) is 17.9 Å². The SMILES string of the molecule is CC(C)Cc1noc(Cn2cc(CCCl)nn2)n1. The van der Waals surface area contributed by atoms with Gasteiger partial charge in [0.1, 0.15) is 6.54 Å². The Kier molecular flexibility index (Phi) is 4.30. The molecule has 0 spiro atoms. The third-order valence-corrected chi connectivity index (χ3v) is 2.52. The molecule has 0 N–H and O–H groups in total. The van der Waals surface area contributed by atoms with Crippen LogP contribution in [0.2, 0.25) is 0 Å². The summed E-state index contributed by atoms with van der Waals surface area (Å²) in [7, 11) is 0. The number of aryl methyl sites for hydroxylation is 1. The van der Waals surface area contributed by atoms with Crippen LogP contribution in [0.3, 0.4) is 0 Å². The lowest BCUT2D eigenvalue weighted by Crippen LogP contribution is -2.01. The lowest BCUT2D eigenvalue weighted by atomic mass is 10.1. The van der Waals surface area contributed by atoms with E-state index in [-0.39, 0.29) is 0 Å². The minimum atomic E-state index is 0.445. The first-order valence-corrected chi connectivity index (χ1v) is 6.47. The molecular formula is C11H16ClN5O. The van der Waals surface area contributed by atoms with E-state index in [9.17, 15) is 0 Å². The van der Waals surface area contributed by atoms with Gasteiger partial charge in [0.15, 0.2) is 5.82 Å². The van der Waals surface area contributed by atoms with E-state index >= 15 is 0 Å². The van der Waals surface area contributed by atoms with Crippen molar-refractivity contribution < 1.29 is 4.52 Å². The minimum Gasteiger partial charge on any atom is -0.337 e. The zero-order valence-corrected chi connectivity index (χ0v) is 11.3. The van der Waals surface area contributed by atoms with Gasteiger partial charge in [0, 0.05) is 24.9 Å². The maximum atomic E-state index is 5.64. The van der Waals surface area contributed by atoms with Gasteiger partial charge in [-0.1, -0.05) is 24.2 Å². The average molecular weight is 270 g/mol. The average Bonchev–Trinajstić information content (AvgIpc) is 2.89. The van der Waals surface area contributed by atoms with Crippen LogP contribution in [0.25, 0.3) is 0 Å². The fraction of sp³-hybridized carbons (Fsp3) is 0.636. The first-order chi connectivity index (χ1) is 8.67. The summed E-state index contributed by atoms with van der Waals surface area (Å²) in [5, 5.41) is 11.9. The highest BCUT2D eigenvalue weighted by Gasteiger charge is 2.09. The number of halogens is 1. The van der Waals surface area contributed by atoms with Gasteiger partial charge in [-0.15, -0.1) is 16.7 Å². The Labute approximate surface area is 110 Å². The van der Waals surface area contributed by atoms with Crippen LogP contribution >= 0.6 is 11.6 Å². The molecule has 2 rings (SSSR count). The summed E-state index contributed by atoms with van der Waals surface area (Å²) in [5.74, 6) is 2.34. The monoisotopic (exact) mass is 269 g/mol. The zero-order chi connectivity index (χ0) is 13.0. The molecule has 98 valence electrons. The third-order valence-electron chi connectivity index (χ3n) is 2.33. The molecule has 7 heteroatoms. The van der Waals surface area contributed by atoms with Crippen molar-refractivity contribution >= 4 is 11.6 Å². The predicted molar refractivity (Wildman–Crippen MR) is 66.4 cm³/mol. The van der Waals surface area contributed by atoms with Crippen LogP contribution in [0.4, 0.5) is 0 Å². The molecule has 0 fully saturated rings. The molecule has 0 radical (unpaired) electrons. The van der Waals surface area contributed by atoms with Crippen molar-refractivity contribution in [2.24, 2.45) is 5.92 Å². The van der Waals surface area contributed by atoms with Gasteiger partial charge >= 0.3 is 0 Å². The van der Waals surface area contributed by atoms with Crippen molar-refractivity contribution in [3.8, 4) is 0 Å². The molecule has 2 heterocycles.